The van der Waals surface area contributed by atoms with Crippen LogP contribution in [0.3, 0.4) is 0 Å². The van der Waals surface area contributed by atoms with E-state index < -0.39 is 10.0 Å². The van der Waals surface area contributed by atoms with Crippen molar-refractivity contribution in [3.8, 4) is 0 Å². The molecule has 5 heteroatoms. The molecule has 0 saturated carbocycles. The second-order valence-corrected chi connectivity index (χ2v) is 6.35. The first-order chi connectivity index (χ1) is 8.10. The van der Waals surface area contributed by atoms with Crippen molar-refractivity contribution in [1.29, 1.82) is 0 Å². The van der Waals surface area contributed by atoms with Crippen molar-refractivity contribution in [3.05, 3.63) is 30.3 Å². The average Bonchev–Trinajstić information content (AvgIpc) is 2.55. The zero-order valence-corrected chi connectivity index (χ0v) is 10.6. The van der Waals surface area contributed by atoms with Gasteiger partial charge in [0.15, 0.2) is 0 Å². The van der Waals surface area contributed by atoms with Crippen molar-refractivity contribution < 1.29 is 8.42 Å². The topological polar surface area (TPSA) is 63.4 Å². The van der Waals surface area contributed by atoms with Gasteiger partial charge in [0.1, 0.15) is 0 Å². The fourth-order valence-corrected chi connectivity index (χ4v) is 3.59. The zero-order chi connectivity index (χ0) is 12.3. The van der Waals surface area contributed by atoms with Crippen LogP contribution in [0, 0.1) is 0 Å². The molecule has 0 amide bonds. The standard InChI is InChI=1S/C12H18N2O2S/c13-11-5-4-9-14(10-8-11)17(15,16)12-6-2-1-3-7-12/h1-3,6-7,11H,4-5,8-10,13H2. The monoisotopic (exact) mass is 254 g/mol. The molecule has 2 N–H and O–H groups in total. The molecule has 4 nitrogen and oxygen atoms in total. The highest BCUT2D eigenvalue weighted by Gasteiger charge is 2.26. The molecule has 1 fully saturated rings. The van der Waals surface area contributed by atoms with Crippen LogP contribution in [0.15, 0.2) is 35.2 Å². The van der Waals surface area contributed by atoms with Gasteiger partial charge in [0, 0.05) is 19.1 Å². The maximum Gasteiger partial charge on any atom is 0.243 e. The number of nitrogens with zero attached hydrogens (tertiary/aromatic N) is 1. The second-order valence-electron chi connectivity index (χ2n) is 4.41. The van der Waals surface area contributed by atoms with Gasteiger partial charge < -0.3 is 5.73 Å². The van der Waals surface area contributed by atoms with Crippen molar-refractivity contribution >= 4 is 10.0 Å². The molecule has 1 aliphatic rings. The molecular weight excluding hydrogens is 236 g/mol. The Morgan fingerprint density at radius 3 is 2.53 bits per heavy atom. The summed E-state index contributed by atoms with van der Waals surface area (Å²) in [4.78, 5) is 0.371. The predicted molar refractivity (Wildman–Crippen MR) is 67.0 cm³/mol. The number of nitrogens with two attached hydrogens (primary N) is 1. The van der Waals surface area contributed by atoms with E-state index in [2.05, 4.69) is 0 Å². The van der Waals surface area contributed by atoms with Crippen LogP contribution in [0.25, 0.3) is 0 Å². The van der Waals surface area contributed by atoms with Crippen LogP contribution < -0.4 is 5.73 Å². The van der Waals surface area contributed by atoms with Crippen molar-refractivity contribution in [3.63, 3.8) is 0 Å². The first-order valence-corrected chi connectivity index (χ1v) is 7.35. The molecule has 17 heavy (non-hydrogen) atoms. The molecule has 1 heterocycles. The molecule has 0 spiro atoms. The first-order valence-electron chi connectivity index (χ1n) is 5.91. The van der Waals surface area contributed by atoms with Gasteiger partial charge in [-0.2, -0.15) is 4.31 Å². The van der Waals surface area contributed by atoms with Gasteiger partial charge in [-0.15, -0.1) is 0 Å². The Balaban J connectivity index is 2.21. The van der Waals surface area contributed by atoms with Gasteiger partial charge in [0.05, 0.1) is 4.90 Å². The van der Waals surface area contributed by atoms with Crippen LogP contribution in [-0.4, -0.2) is 31.9 Å². The Morgan fingerprint density at radius 2 is 1.82 bits per heavy atom. The fraction of sp³-hybridized carbons (Fsp3) is 0.500. The summed E-state index contributed by atoms with van der Waals surface area (Å²) in [7, 11) is -3.33. The van der Waals surface area contributed by atoms with Crippen molar-refractivity contribution in [2.24, 2.45) is 5.73 Å². The second kappa shape index (κ2) is 5.16. The van der Waals surface area contributed by atoms with E-state index in [0.717, 1.165) is 19.3 Å². The quantitative estimate of drug-likeness (QED) is 0.862. The lowest BCUT2D eigenvalue weighted by Gasteiger charge is -2.19. The Hall–Kier alpha value is -0.910. The van der Waals surface area contributed by atoms with E-state index >= 15 is 0 Å². The molecule has 1 saturated heterocycles. The normalized spacial score (nSPS) is 23.2. The Kier molecular flexibility index (Phi) is 3.81. The minimum atomic E-state index is -3.33. The molecule has 0 aromatic heterocycles. The fourth-order valence-electron chi connectivity index (χ4n) is 2.08. The summed E-state index contributed by atoms with van der Waals surface area (Å²) in [5, 5.41) is 0. The van der Waals surface area contributed by atoms with Crippen molar-refractivity contribution in [2.45, 2.75) is 30.2 Å². The third kappa shape index (κ3) is 2.86. The largest absolute Gasteiger partial charge is 0.328 e. The third-order valence-electron chi connectivity index (χ3n) is 3.11. The first kappa shape index (κ1) is 12.5. The average molecular weight is 254 g/mol. The van der Waals surface area contributed by atoms with Crippen molar-refractivity contribution in [2.75, 3.05) is 13.1 Å². The third-order valence-corrected chi connectivity index (χ3v) is 5.03. The number of hydrogen-bond donors (Lipinski definition) is 1. The number of hydrogen-bond acceptors (Lipinski definition) is 3. The maximum absolute atomic E-state index is 12.3. The van der Waals surface area contributed by atoms with E-state index in [0.29, 0.717) is 18.0 Å². The summed E-state index contributed by atoms with van der Waals surface area (Å²) in [6, 6.07) is 8.72. The van der Waals surface area contributed by atoms with E-state index in [1.54, 1.807) is 28.6 Å². The van der Waals surface area contributed by atoms with Gasteiger partial charge in [-0.1, -0.05) is 18.2 Å². The summed E-state index contributed by atoms with van der Waals surface area (Å²) >= 11 is 0. The lowest BCUT2D eigenvalue weighted by Crippen LogP contribution is -2.32. The molecule has 1 aromatic rings. The highest BCUT2D eigenvalue weighted by Crippen LogP contribution is 2.19. The van der Waals surface area contributed by atoms with E-state index in [9.17, 15) is 8.42 Å². The van der Waals surface area contributed by atoms with Gasteiger partial charge in [-0.25, -0.2) is 8.42 Å². The molecule has 1 aliphatic heterocycles. The lowest BCUT2D eigenvalue weighted by molar-refractivity contribution is 0.421. The lowest BCUT2D eigenvalue weighted by atomic mass is 10.1. The van der Waals surface area contributed by atoms with Crippen LogP contribution in [0.2, 0.25) is 0 Å². The SMILES string of the molecule is NC1CCCN(S(=O)(=O)c2ccccc2)CC1. The molecule has 1 unspecified atom stereocenters. The molecule has 94 valence electrons. The van der Waals surface area contributed by atoms with Crippen LogP contribution in [0.5, 0.6) is 0 Å². The Morgan fingerprint density at radius 1 is 1.12 bits per heavy atom. The predicted octanol–water partition coefficient (Wildman–Crippen LogP) is 1.19. The summed E-state index contributed by atoms with van der Waals surface area (Å²) in [6.45, 7) is 1.10. The van der Waals surface area contributed by atoms with E-state index in [4.69, 9.17) is 5.73 Å². The van der Waals surface area contributed by atoms with Crippen LogP contribution >= 0.6 is 0 Å². The highest BCUT2D eigenvalue weighted by molar-refractivity contribution is 7.89. The van der Waals surface area contributed by atoms with E-state index in [-0.39, 0.29) is 6.04 Å². The van der Waals surface area contributed by atoms with E-state index in [1.807, 2.05) is 6.07 Å². The van der Waals surface area contributed by atoms with E-state index in [1.165, 1.54) is 0 Å². The maximum atomic E-state index is 12.3. The molecule has 0 radical (unpaired) electrons. The van der Waals surface area contributed by atoms with Crippen LogP contribution in [0.4, 0.5) is 0 Å². The molecular formula is C12H18N2O2S. The molecule has 0 aliphatic carbocycles. The highest BCUT2D eigenvalue weighted by atomic mass is 32.2. The zero-order valence-electron chi connectivity index (χ0n) is 9.75. The number of rotatable bonds is 2. The molecule has 2 rings (SSSR count). The molecule has 0 bridgehead atoms. The number of benzene rings is 1. The van der Waals surface area contributed by atoms with Gasteiger partial charge >= 0.3 is 0 Å². The Labute approximate surface area is 102 Å². The van der Waals surface area contributed by atoms with Gasteiger partial charge in [-0.05, 0) is 31.4 Å². The summed E-state index contributed by atoms with van der Waals surface area (Å²) in [6.07, 6.45) is 2.49. The summed E-state index contributed by atoms with van der Waals surface area (Å²) in [5.74, 6) is 0. The smallest absolute Gasteiger partial charge is 0.243 e. The molecule has 1 atom stereocenters. The van der Waals surface area contributed by atoms with Crippen molar-refractivity contribution in [1.82, 2.24) is 4.31 Å². The van der Waals surface area contributed by atoms with Gasteiger partial charge in [0.25, 0.3) is 0 Å². The summed E-state index contributed by atoms with van der Waals surface area (Å²) in [5.41, 5.74) is 5.86. The number of sulfonamides is 1. The minimum absolute atomic E-state index is 0.131. The Bertz CT molecular complexity index is 459. The minimum Gasteiger partial charge on any atom is -0.328 e. The molecule has 1 aromatic carbocycles. The van der Waals surface area contributed by atoms with Gasteiger partial charge in [0.2, 0.25) is 10.0 Å². The van der Waals surface area contributed by atoms with Gasteiger partial charge in [-0.3, -0.25) is 0 Å². The van der Waals surface area contributed by atoms with Crippen LogP contribution in [0.1, 0.15) is 19.3 Å². The van der Waals surface area contributed by atoms with Crippen LogP contribution in [-0.2, 0) is 10.0 Å². The summed E-state index contributed by atoms with van der Waals surface area (Å²) < 4.78 is 26.2.